The molecule has 0 saturated heterocycles. The zero-order valence-electron chi connectivity index (χ0n) is 14.9. The highest BCUT2D eigenvalue weighted by atomic mass is 79.9. The van der Waals surface area contributed by atoms with E-state index < -0.39 is 0 Å². The Hall–Kier alpha value is -1.35. The van der Waals surface area contributed by atoms with Crippen molar-refractivity contribution in [1.29, 1.82) is 5.26 Å². The molecule has 3 nitrogen and oxygen atoms in total. The number of fused-ring (bicyclic) bond motifs is 1. The second-order valence-corrected chi connectivity index (χ2v) is 10.1. The summed E-state index contributed by atoms with van der Waals surface area (Å²) in [5, 5.41) is 21.0. The number of halogens is 2. The minimum absolute atomic E-state index is 0.0887. The van der Waals surface area contributed by atoms with E-state index in [1.54, 1.807) is 29.7 Å². The number of aromatic hydroxyl groups is 1. The maximum Gasteiger partial charge on any atom is 0.138 e. The molecule has 1 aliphatic rings. The van der Waals surface area contributed by atoms with Gasteiger partial charge in [-0.2, -0.15) is 5.26 Å². The van der Waals surface area contributed by atoms with Gasteiger partial charge in [-0.05, 0) is 64.2 Å². The van der Waals surface area contributed by atoms with E-state index in [4.69, 9.17) is 11.6 Å². The number of aliphatic imine (C=N–C) groups is 1. The predicted molar refractivity (Wildman–Crippen MR) is 112 cm³/mol. The smallest absolute Gasteiger partial charge is 0.138 e. The molecule has 1 atom stereocenters. The van der Waals surface area contributed by atoms with Crippen molar-refractivity contribution in [2.24, 2.45) is 16.3 Å². The monoisotopic (exact) mass is 450 g/mol. The van der Waals surface area contributed by atoms with E-state index in [-0.39, 0.29) is 11.2 Å². The van der Waals surface area contributed by atoms with Crippen molar-refractivity contribution in [1.82, 2.24) is 0 Å². The van der Waals surface area contributed by atoms with Crippen molar-refractivity contribution < 1.29 is 5.11 Å². The highest BCUT2D eigenvalue weighted by molar-refractivity contribution is 9.10. The fraction of sp³-hybridized carbons (Fsp3) is 0.400. The lowest BCUT2D eigenvalue weighted by atomic mass is 9.72. The molecule has 0 aliphatic heterocycles. The average molecular weight is 452 g/mol. The van der Waals surface area contributed by atoms with Crippen molar-refractivity contribution in [2.45, 2.75) is 40.0 Å². The third-order valence-corrected chi connectivity index (χ3v) is 6.95. The van der Waals surface area contributed by atoms with Crippen LogP contribution in [0.1, 0.15) is 48.8 Å². The van der Waals surface area contributed by atoms with Gasteiger partial charge >= 0.3 is 0 Å². The molecule has 6 heteroatoms. The number of phenols is 1. The topological polar surface area (TPSA) is 56.4 Å². The number of thiophene rings is 1. The SMILES string of the molecule is CC(C)(C)[C@@H]1CCc2c(sc(N=Cc3cc(Cl)cc(Br)c3O)c2C#N)C1. The lowest BCUT2D eigenvalue weighted by molar-refractivity contribution is 0.218. The molecule has 1 heterocycles. The first-order valence-corrected chi connectivity index (χ1v) is 10.5. The van der Waals surface area contributed by atoms with E-state index in [1.807, 2.05) is 0 Å². The van der Waals surface area contributed by atoms with Crippen LogP contribution in [-0.2, 0) is 12.8 Å². The summed E-state index contributed by atoms with van der Waals surface area (Å²) in [4.78, 5) is 5.79. The third kappa shape index (κ3) is 3.83. The molecule has 1 aromatic heterocycles. The molecule has 136 valence electrons. The molecule has 26 heavy (non-hydrogen) atoms. The molecule has 1 aromatic carbocycles. The van der Waals surface area contributed by atoms with Crippen LogP contribution in [0.3, 0.4) is 0 Å². The Bertz CT molecular complexity index is 921. The molecule has 0 unspecified atom stereocenters. The van der Waals surface area contributed by atoms with Crippen molar-refractivity contribution in [3.8, 4) is 11.8 Å². The van der Waals surface area contributed by atoms with Crippen LogP contribution in [0, 0.1) is 22.7 Å². The molecule has 0 saturated carbocycles. The number of benzene rings is 1. The van der Waals surface area contributed by atoms with E-state index in [0.29, 0.717) is 31.5 Å². The molecule has 1 N–H and O–H groups in total. The summed E-state index contributed by atoms with van der Waals surface area (Å²) in [5.41, 5.74) is 2.61. The largest absolute Gasteiger partial charge is 0.506 e. The summed E-state index contributed by atoms with van der Waals surface area (Å²) in [6.45, 7) is 6.83. The van der Waals surface area contributed by atoms with Crippen LogP contribution in [0.5, 0.6) is 5.75 Å². The van der Waals surface area contributed by atoms with Crippen LogP contribution in [-0.4, -0.2) is 11.3 Å². The summed E-state index contributed by atoms with van der Waals surface area (Å²) in [5.74, 6) is 0.704. The van der Waals surface area contributed by atoms with E-state index in [0.717, 1.165) is 24.8 Å². The molecular weight excluding hydrogens is 432 g/mol. The number of hydrogen-bond acceptors (Lipinski definition) is 4. The fourth-order valence-corrected chi connectivity index (χ4v) is 5.38. The van der Waals surface area contributed by atoms with E-state index in [2.05, 4.69) is 47.8 Å². The molecule has 0 radical (unpaired) electrons. The molecule has 0 bridgehead atoms. The lowest BCUT2D eigenvalue weighted by Gasteiger charge is -2.33. The first-order valence-electron chi connectivity index (χ1n) is 8.47. The van der Waals surface area contributed by atoms with Crippen LogP contribution in [0.4, 0.5) is 5.00 Å². The number of rotatable bonds is 2. The van der Waals surface area contributed by atoms with Crippen LogP contribution < -0.4 is 0 Å². The van der Waals surface area contributed by atoms with Crippen LogP contribution in [0.2, 0.25) is 5.02 Å². The zero-order valence-corrected chi connectivity index (χ0v) is 18.1. The summed E-state index contributed by atoms with van der Waals surface area (Å²) in [6, 6.07) is 5.61. The van der Waals surface area contributed by atoms with Gasteiger partial charge < -0.3 is 5.11 Å². The quantitative estimate of drug-likeness (QED) is 0.520. The second kappa shape index (κ2) is 7.34. The molecule has 2 aromatic rings. The van der Waals surface area contributed by atoms with Gasteiger partial charge in [0.1, 0.15) is 16.8 Å². The normalized spacial score (nSPS) is 17.3. The van der Waals surface area contributed by atoms with E-state index in [1.165, 1.54) is 4.88 Å². The third-order valence-electron chi connectivity index (χ3n) is 4.96. The highest BCUT2D eigenvalue weighted by Gasteiger charge is 2.32. The van der Waals surface area contributed by atoms with Crippen molar-refractivity contribution in [2.75, 3.05) is 0 Å². The number of hydrogen-bond donors (Lipinski definition) is 1. The summed E-state index contributed by atoms with van der Waals surface area (Å²) in [7, 11) is 0. The molecule has 0 fully saturated rings. The summed E-state index contributed by atoms with van der Waals surface area (Å²) >= 11 is 10.9. The summed E-state index contributed by atoms with van der Waals surface area (Å²) in [6.07, 6.45) is 4.61. The van der Waals surface area contributed by atoms with Crippen molar-refractivity contribution in [3.05, 3.63) is 43.2 Å². The van der Waals surface area contributed by atoms with E-state index >= 15 is 0 Å². The maximum atomic E-state index is 10.2. The molecule has 0 amide bonds. The van der Waals surface area contributed by atoms with Crippen LogP contribution in [0.15, 0.2) is 21.6 Å². The number of nitrogens with zero attached hydrogens (tertiary/aromatic N) is 2. The standard InChI is InChI=1S/C20H20BrClN2OS/c1-20(2,3)12-4-5-14-15(9-23)19(26-17(14)7-12)24-10-11-6-13(22)8-16(21)18(11)25/h6,8,10,12,25H,4-5,7H2,1-3H3/t12-/m1/s1. The van der Waals surface area contributed by atoms with Gasteiger partial charge in [0.25, 0.3) is 0 Å². The predicted octanol–water partition coefficient (Wildman–Crippen LogP) is 6.64. The van der Waals surface area contributed by atoms with Crippen molar-refractivity contribution in [3.63, 3.8) is 0 Å². The molecule has 0 spiro atoms. The Kier molecular flexibility index (Phi) is 5.48. The Labute approximate surface area is 171 Å². The minimum Gasteiger partial charge on any atom is -0.506 e. The second-order valence-electron chi connectivity index (χ2n) is 7.69. The highest BCUT2D eigenvalue weighted by Crippen LogP contribution is 2.45. The van der Waals surface area contributed by atoms with Gasteiger partial charge in [-0.15, -0.1) is 11.3 Å². The average Bonchev–Trinajstić information content (AvgIpc) is 2.92. The Morgan fingerprint density at radius 1 is 1.42 bits per heavy atom. The first kappa shape index (κ1) is 19.4. The Balaban J connectivity index is 1.96. The molecule has 3 rings (SSSR count). The zero-order chi connectivity index (χ0) is 19.1. The van der Waals surface area contributed by atoms with Gasteiger partial charge in [0.15, 0.2) is 0 Å². The van der Waals surface area contributed by atoms with Gasteiger partial charge in [-0.1, -0.05) is 32.4 Å². The number of nitriles is 1. The van der Waals surface area contributed by atoms with Crippen molar-refractivity contribution >= 4 is 50.1 Å². The minimum atomic E-state index is 0.0887. The Morgan fingerprint density at radius 3 is 2.81 bits per heavy atom. The molecule has 1 aliphatic carbocycles. The Morgan fingerprint density at radius 2 is 2.15 bits per heavy atom. The van der Waals surface area contributed by atoms with Gasteiger partial charge in [0, 0.05) is 21.7 Å². The lowest BCUT2D eigenvalue weighted by Crippen LogP contribution is -2.26. The fourth-order valence-electron chi connectivity index (χ4n) is 3.33. The van der Waals surface area contributed by atoms with Crippen LogP contribution >= 0.6 is 38.9 Å². The van der Waals surface area contributed by atoms with Crippen LogP contribution in [0.25, 0.3) is 0 Å². The van der Waals surface area contributed by atoms with Gasteiger partial charge in [0.2, 0.25) is 0 Å². The van der Waals surface area contributed by atoms with Gasteiger partial charge in [0.05, 0.1) is 10.0 Å². The van der Waals surface area contributed by atoms with Gasteiger partial charge in [-0.3, -0.25) is 0 Å². The summed E-state index contributed by atoms with van der Waals surface area (Å²) < 4.78 is 0.519. The van der Waals surface area contributed by atoms with E-state index in [9.17, 15) is 10.4 Å². The number of phenolic OH excluding ortho intramolecular Hbond substituents is 1. The van der Waals surface area contributed by atoms with Gasteiger partial charge in [-0.25, -0.2) is 4.99 Å². The maximum absolute atomic E-state index is 10.2. The first-order chi connectivity index (χ1) is 12.2. The molecular formula is C20H20BrClN2OS.